The SMILES string of the molecule is NC(=O)c1ccc(=O)n(Cc2ccc3c(c2)OCCO3)n1. The van der Waals surface area contributed by atoms with Crippen molar-refractivity contribution in [1.82, 2.24) is 9.78 Å². The summed E-state index contributed by atoms with van der Waals surface area (Å²) in [6.45, 7) is 1.23. The van der Waals surface area contributed by atoms with Crippen LogP contribution < -0.4 is 20.8 Å². The number of carbonyl (C=O) groups excluding carboxylic acids is 1. The van der Waals surface area contributed by atoms with Crippen LogP contribution in [0.2, 0.25) is 0 Å². The van der Waals surface area contributed by atoms with Crippen molar-refractivity contribution in [3.63, 3.8) is 0 Å². The molecule has 7 nitrogen and oxygen atoms in total. The van der Waals surface area contributed by atoms with E-state index in [4.69, 9.17) is 15.2 Å². The lowest BCUT2D eigenvalue weighted by molar-refractivity contribution is 0.0993. The summed E-state index contributed by atoms with van der Waals surface area (Å²) < 4.78 is 12.1. The van der Waals surface area contributed by atoms with Crippen LogP contribution in [0.4, 0.5) is 0 Å². The molecule has 1 aliphatic heterocycles. The molecule has 108 valence electrons. The van der Waals surface area contributed by atoms with Crippen LogP contribution in [0.15, 0.2) is 35.1 Å². The zero-order chi connectivity index (χ0) is 14.8. The van der Waals surface area contributed by atoms with Gasteiger partial charge in [-0.15, -0.1) is 0 Å². The second kappa shape index (κ2) is 5.28. The molecule has 1 amide bonds. The summed E-state index contributed by atoms with van der Waals surface area (Å²) in [5.74, 6) is 0.639. The van der Waals surface area contributed by atoms with Crippen molar-refractivity contribution >= 4 is 5.91 Å². The molecule has 0 aliphatic carbocycles. The highest BCUT2D eigenvalue weighted by atomic mass is 16.6. The zero-order valence-electron chi connectivity index (χ0n) is 11.1. The molecule has 0 fully saturated rings. The number of aromatic nitrogens is 2. The van der Waals surface area contributed by atoms with Gasteiger partial charge in [0.15, 0.2) is 11.5 Å². The van der Waals surface area contributed by atoms with Crippen molar-refractivity contribution in [2.45, 2.75) is 6.54 Å². The zero-order valence-corrected chi connectivity index (χ0v) is 11.1. The van der Waals surface area contributed by atoms with E-state index < -0.39 is 5.91 Å². The molecule has 0 atom stereocenters. The van der Waals surface area contributed by atoms with Gasteiger partial charge in [-0.2, -0.15) is 5.10 Å². The summed E-state index contributed by atoms with van der Waals surface area (Å²) in [5.41, 5.74) is 5.72. The Morgan fingerprint density at radius 3 is 2.71 bits per heavy atom. The number of benzene rings is 1. The monoisotopic (exact) mass is 287 g/mol. The first-order chi connectivity index (χ1) is 10.1. The van der Waals surface area contributed by atoms with Crippen LogP contribution in [0.3, 0.4) is 0 Å². The summed E-state index contributed by atoms with van der Waals surface area (Å²) in [7, 11) is 0. The highest BCUT2D eigenvalue weighted by Crippen LogP contribution is 2.30. The predicted molar refractivity (Wildman–Crippen MR) is 73.5 cm³/mol. The number of nitrogens with zero attached hydrogens (tertiary/aromatic N) is 2. The second-order valence-electron chi connectivity index (χ2n) is 4.56. The van der Waals surface area contributed by atoms with Gasteiger partial charge in [-0.05, 0) is 23.8 Å². The number of hydrogen-bond donors (Lipinski definition) is 1. The van der Waals surface area contributed by atoms with Crippen LogP contribution in [0.5, 0.6) is 11.5 Å². The van der Waals surface area contributed by atoms with Crippen molar-refractivity contribution in [2.75, 3.05) is 13.2 Å². The number of fused-ring (bicyclic) bond motifs is 1. The molecule has 7 heteroatoms. The topological polar surface area (TPSA) is 96.4 Å². The molecule has 0 saturated carbocycles. The fourth-order valence-electron chi connectivity index (χ4n) is 2.05. The van der Waals surface area contributed by atoms with Crippen LogP contribution in [-0.4, -0.2) is 28.9 Å². The smallest absolute Gasteiger partial charge is 0.269 e. The second-order valence-corrected chi connectivity index (χ2v) is 4.56. The van der Waals surface area contributed by atoms with Crippen LogP contribution in [-0.2, 0) is 6.54 Å². The normalized spacial score (nSPS) is 13.0. The number of ether oxygens (including phenoxy) is 2. The summed E-state index contributed by atoms with van der Waals surface area (Å²) in [5, 5.41) is 3.94. The Hall–Kier alpha value is -2.83. The Balaban J connectivity index is 1.91. The highest BCUT2D eigenvalue weighted by Gasteiger charge is 2.12. The van der Waals surface area contributed by atoms with Gasteiger partial charge in [-0.25, -0.2) is 4.68 Å². The Morgan fingerprint density at radius 1 is 1.19 bits per heavy atom. The van der Waals surface area contributed by atoms with Crippen LogP contribution in [0.1, 0.15) is 16.1 Å². The Bertz CT molecular complexity index is 754. The summed E-state index contributed by atoms with van der Waals surface area (Å²) in [6.07, 6.45) is 0. The third kappa shape index (κ3) is 2.71. The molecule has 0 spiro atoms. The van der Waals surface area contributed by atoms with Crippen LogP contribution >= 0.6 is 0 Å². The van der Waals surface area contributed by atoms with E-state index in [0.717, 1.165) is 5.56 Å². The average molecular weight is 287 g/mol. The summed E-state index contributed by atoms with van der Waals surface area (Å²) in [6, 6.07) is 7.97. The maximum absolute atomic E-state index is 11.8. The molecule has 2 heterocycles. The lowest BCUT2D eigenvalue weighted by Crippen LogP contribution is -2.26. The summed E-state index contributed by atoms with van der Waals surface area (Å²) >= 11 is 0. The van der Waals surface area contributed by atoms with Gasteiger partial charge < -0.3 is 15.2 Å². The van der Waals surface area contributed by atoms with Gasteiger partial charge in [0.1, 0.15) is 18.9 Å². The van der Waals surface area contributed by atoms with Crippen LogP contribution in [0.25, 0.3) is 0 Å². The van der Waals surface area contributed by atoms with Crippen LogP contribution in [0, 0.1) is 0 Å². The molecule has 1 aliphatic rings. The molecular formula is C14H13N3O4. The average Bonchev–Trinajstić information content (AvgIpc) is 2.49. The van der Waals surface area contributed by atoms with Gasteiger partial charge in [-0.1, -0.05) is 6.07 Å². The number of carbonyl (C=O) groups is 1. The lowest BCUT2D eigenvalue weighted by Gasteiger charge is -2.19. The Kier molecular flexibility index (Phi) is 3.31. The Morgan fingerprint density at radius 2 is 1.95 bits per heavy atom. The molecule has 21 heavy (non-hydrogen) atoms. The number of amides is 1. The van der Waals surface area contributed by atoms with E-state index in [-0.39, 0.29) is 17.8 Å². The van der Waals surface area contributed by atoms with Gasteiger partial charge in [-0.3, -0.25) is 9.59 Å². The minimum Gasteiger partial charge on any atom is -0.486 e. The number of nitrogens with two attached hydrogens (primary N) is 1. The van der Waals surface area contributed by atoms with Crippen molar-refractivity contribution in [3.05, 3.63) is 51.9 Å². The maximum Gasteiger partial charge on any atom is 0.269 e. The third-order valence-electron chi connectivity index (χ3n) is 3.06. The molecule has 2 aromatic rings. The molecule has 2 N–H and O–H groups in total. The fraction of sp³-hybridized carbons (Fsp3) is 0.214. The minimum atomic E-state index is -0.675. The van der Waals surface area contributed by atoms with Gasteiger partial charge in [0.05, 0.1) is 6.54 Å². The maximum atomic E-state index is 11.8. The minimum absolute atomic E-state index is 0.0483. The van der Waals surface area contributed by atoms with E-state index in [1.165, 1.54) is 16.8 Å². The third-order valence-corrected chi connectivity index (χ3v) is 3.06. The van der Waals surface area contributed by atoms with Crippen molar-refractivity contribution in [1.29, 1.82) is 0 Å². The van der Waals surface area contributed by atoms with Gasteiger partial charge in [0, 0.05) is 6.07 Å². The number of hydrogen-bond acceptors (Lipinski definition) is 5. The van der Waals surface area contributed by atoms with E-state index in [2.05, 4.69) is 5.10 Å². The molecule has 0 radical (unpaired) electrons. The quantitative estimate of drug-likeness (QED) is 0.867. The van der Waals surface area contributed by atoms with E-state index in [1.807, 2.05) is 6.07 Å². The van der Waals surface area contributed by atoms with E-state index in [0.29, 0.717) is 24.7 Å². The van der Waals surface area contributed by atoms with E-state index in [1.54, 1.807) is 12.1 Å². The highest BCUT2D eigenvalue weighted by molar-refractivity contribution is 5.90. The Labute approximate surface area is 119 Å². The van der Waals surface area contributed by atoms with Gasteiger partial charge in [0.25, 0.3) is 11.5 Å². The van der Waals surface area contributed by atoms with E-state index in [9.17, 15) is 9.59 Å². The number of rotatable bonds is 3. The molecule has 1 aromatic carbocycles. The fourth-order valence-corrected chi connectivity index (χ4v) is 2.05. The first kappa shape index (κ1) is 13.2. The molecule has 3 rings (SSSR count). The predicted octanol–water partition coefficient (Wildman–Crippen LogP) is 0.162. The van der Waals surface area contributed by atoms with E-state index >= 15 is 0 Å². The molecule has 0 unspecified atom stereocenters. The summed E-state index contributed by atoms with van der Waals surface area (Å²) in [4.78, 5) is 22.9. The first-order valence-electron chi connectivity index (χ1n) is 6.40. The standard InChI is InChI=1S/C14H13N3O4/c15-14(19)10-2-4-13(18)17(16-10)8-9-1-3-11-12(7-9)21-6-5-20-11/h1-4,7H,5-6,8H2,(H2,15,19). The van der Waals surface area contributed by atoms with Gasteiger partial charge in [0.2, 0.25) is 0 Å². The van der Waals surface area contributed by atoms with Crippen molar-refractivity contribution in [2.24, 2.45) is 5.73 Å². The van der Waals surface area contributed by atoms with Crippen molar-refractivity contribution in [3.8, 4) is 11.5 Å². The largest absolute Gasteiger partial charge is 0.486 e. The first-order valence-corrected chi connectivity index (χ1v) is 6.40. The lowest BCUT2D eigenvalue weighted by atomic mass is 10.2. The number of primary amides is 1. The van der Waals surface area contributed by atoms with Gasteiger partial charge >= 0.3 is 0 Å². The molecule has 0 saturated heterocycles. The molecule has 1 aromatic heterocycles. The molecular weight excluding hydrogens is 274 g/mol. The van der Waals surface area contributed by atoms with Crippen molar-refractivity contribution < 1.29 is 14.3 Å². The molecule has 0 bridgehead atoms.